The van der Waals surface area contributed by atoms with Crippen LogP contribution in [0.5, 0.6) is 0 Å². The van der Waals surface area contributed by atoms with E-state index in [2.05, 4.69) is 5.32 Å². The first-order valence-electron chi connectivity index (χ1n) is 6.51. The Morgan fingerprint density at radius 2 is 1.82 bits per heavy atom. The number of carbonyl (C=O) groups is 2. The molecule has 3 fully saturated rings. The lowest BCUT2D eigenvalue weighted by atomic mass is 10.0. The highest BCUT2D eigenvalue weighted by atomic mass is 16.2. The number of imide groups is 1. The molecule has 4 nitrogen and oxygen atoms in total. The van der Waals surface area contributed by atoms with E-state index in [1.165, 1.54) is 17.7 Å². The normalized spacial score (nSPS) is 36.1. The third kappa shape index (κ3) is 1.46. The molecule has 94 valence electrons. The van der Waals surface area contributed by atoms with Crippen LogP contribution in [0.4, 0.5) is 0 Å². The minimum Gasteiger partial charge on any atom is -0.315 e. The SMILES string of the molecule is CNC(CN1C(=O)C2C(C1=O)C2(C)C)C1CC1. The number of hydrogen-bond donors (Lipinski definition) is 1. The van der Waals surface area contributed by atoms with Gasteiger partial charge in [-0.2, -0.15) is 0 Å². The van der Waals surface area contributed by atoms with Crippen molar-refractivity contribution in [2.75, 3.05) is 13.6 Å². The van der Waals surface area contributed by atoms with E-state index in [1.807, 2.05) is 20.9 Å². The predicted molar refractivity (Wildman–Crippen MR) is 63.1 cm³/mol. The maximum Gasteiger partial charge on any atom is 0.233 e. The monoisotopic (exact) mass is 236 g/mol. The number of nitrogens with one attached hydrogen (secondary N) is 1. The van der Waals surface area contributed by atoms with Crippen molar-refractivity contribution in [2.24, 2.45) is 23.2 Å². The molecule has 17 heavy (non-hydrogen) atoms. The molecular formula is C13H20N2O2. The van der Waals surface area contributed by atoms with Crippen LogP contribution in [0.15, 0.2) is 0 Å². The Morgan fingerprint density at radius 1 is 1.29 bits per heavy atom. The van der Waals surface area contributed by atoms with Crippen molar-refractivity contribution in [1.29, 1.82) is 0 Å². The van der Waals surface area contributed by atoms with Gasteiger partial charge in [0.1, 0.15) is 0 Å². The van der Waals surface area contributed by atoms with Crippen molar-refractivity contribution >= 4 is 11.8 Å². The van der Waals surface area contributed by atoms with Crippen molar-refractivity contribution in [3.8, 4) is 0 Å². The molecule has 0 aromatic heterocycles. The summed E-state index contributed by atoms with van der Waals surface area (Å²) in [5.74, 6) is 0.709. The molecule has 0 aromatic rings. The Bertz CT molecular complexity index is 363. The van der Waals surface area contributed by atoms with E-state index in [9.17, 15) is 9.59 Å². The lowest BCUT2D eigenvalue weighted by Gasteiger charge is -2.25. The van der Waals surface area contributed by atoms with Gasteiger partial charge in [0, 0.05) is 12.6 Å². The molecule has 1 aliphatic heterocycles. The summed E-state index contributed by atoms with van der Waals surface area (Å²) in [5, 5.41) is 3.24. The summed E-state index contributed by atoms with van der Waals surface area (Å²) >= 11 is 0. The lowest BCUT2D eigenvalue weighted by molar-refractivity contribution is -0.143. The molecule has 3 unspecified atom stereocenters. The van der Waals surface area contributed by atoms with Crippen LogP contribution in [0, 0.1) is 23.2 Å². The van der Waals surface area contributed by atoms with Crippen LogP contribution < -0.4 is 5.32 Å². The third-order valence-corrected chi connectivity index (χ3v) is 4.83. The minimum absolute atomic E-state index is 0.0355. The molecular weight excluding hydrogens is 216 g/mol. The number of hydrogen-bond acceptors (Lipinski definition) is 3. The molecule has 0 bridgehead atoms. The van der Waals surface area contributed by atoms with E-state index >= 15 is 0 Å². The van der Waals surface area contributed by atoms with Gasteiger partial charge in [-0.25, -0.2) is 0 Å². The second-order valence-corrected chi connectivity index (χ2v) is 6.30. The Kier molecular flexibility index (Phi) is 2.18. The summed E-state index contributed by atoms with van der Waals surface area (Å²) in [6.45, 7) is 4.61. The number of rotatable bonds is 4. The molecule has 1 heterocycles. The number of likely N-dealkylation sites (N-methyl/N-ethyl adjacent to an activating group) is 1. The molecule has 1 N–H and O–H groups in total. The Hall–Kier alpha value is -0.900. The Balaban J connectivity index is 1.70. The fourth-order valence-corrected chi connectivity index (χ4v) is 3.36. The van der Waals surface area contributed by atoms with Gasteiger partial charge in [-0.05, 0) is 31.2 Å². The van der Waals surface area contributed by atoms with Crippen LogP contribution in [-0.4, -0.2) is 36.3 Å². The van der Waals surface area contributed by atoms with Gasteiger partial charge in [0.2, 0.25) is 11.8 Å². The van der Waals surface area contributed by atoms with Crippen molar-refractivity contribution in [2.45, 2.75) is 32.7 Å². The smallest absolute Gasteiger partial charge is 0.233 e. The second-order valence-electron chi connectivity index (χ2n) is 6.30. The zero-order valence-electron chi connectivity index (χ0n) is 10.7. The first-order valence-corrected chi connectivity index (χ1v) is 6.51. The fourth-order valence-electron chi connectivity index (χ4n) is 3.36. The summed E-state index contributed by atoms with van der Waals surface area (Å²) < 4.78 is 0. The largest absolute Gasteiger partial charge is 0.315 e. The molecule has 2 saturated carbocycles. The predicted octanol–water partition coefficient (Wildman–Crippen LogP) is 0.625. The van der Waals surface area contributed by atoms with Crippen molar-refractivity contribution < 1.29 is 9.59 Å². The van der Waals surface area contributed by atoms with E-state index in [4.69, 9.17) is 0 Å². The van der Waals surface area contributed by atoms with Crippen LogP contribution >= 0.6 is 0 Å². The molecule has 0 spiro atoms. The summed E-state index contributed by atoms with van der Waals surface area (Å²) in [7, 11) is 1.92. The first kappa shape index (κ1) is 11.2. The molecule has 3 rings (SSSR count). The van der Waals surface area contributed by atoms with Gasteiger partial charge in [0.15, 0.2) is 0 Å². The number of piperidine rings is 1. The molecule has 3 atom stereocenters. The van der Waals surface area contributed by atoms with E-state index in [1.54, 1.807) is 0 Å². The first-order chi connectivity index (χ1) is 7.98. The Morgan fingerprint density at radius 3 is 2.24 bits per heavy atom. The summed E-state index contributed by atoms with van der Waals surface area (Å²) in [5.41, 5.74) is -0.0839. The quantitative estimate of drug-likeness (QED) is 0.728. The lowest BCUT2D eigenvalue weighted by Crippen LogP contribution is -2.46. The molecule has 2 aliphatic carbocycles. The van der Waals surface area contributed by atoms with Crippen LogP contribution in [0.1, 0.15) is 26.7 Å². The van der Waals surface area contributed by atoms with Gasteiger partial charge in [-0.15, -0.1) is 0 Å². The zero-order chi connectivity index (χ0) is 12.4. The number of likely N-dealkylation sites (tertiary alicyclic amines) is 1. The second kappa shape index (κ2) is 3.31. The average molecular weight is 236 g/mol. The van der Waals surface area contributed by atoms with E-state index in [0.29, 0.717) is 18.5 Å². The zero-order valence-corrected chi connectivity index (χ0v) is 10.7. The van der Waals surface area contributed by atoms with Gasteiger partial charge in [0.25, 0.3) is 0 Å². The maximum absolute atomic E-state index is 12.1. The number of nitrogens with zero attached hydrogens (tertiary/aromatic N) is 1. The van der Waals surface area contributed by atoms with Crippen LogP contribution in [-0.2, 0) is 9.59 Å². The van der Waals surface area contributed by atoms with Gasteiger partial charge >= 0.3 is 0 Å². The highest BCUT2D eigenvalue weighted by molar-refractivity contribution is 6.10. The van der Waals surface area contributed by atoms with Gasteiger partial charge in [-0.1, -0.05) is 13.8 Å². The van der Waals surface area contributed by atoms with Crippen LogP contribution in [0.2, 0.25) is 0 Å². The third-order valence-electron chi connectivity index (χ3n) is 4.83. The average Bonchev–Trinajstić information content (AvgIpc) is 3.13. The molecule has 1 saturated heterocycles. The minimum atomic E-state index is -0.0839. The van der Waals surface area contributed by atoms with Gasteiger partial charge in [-0.3, -0.25) is 14.5 Å². The topological polar surface area (TPSA) is 49.4 Å². The van der Waals surface area contributed by atoms with E-state index in [0.717, 1.165) is 0 Å². The number of fused-ring (bicyclic) bond motifs is 1. The van der Waals surface area contributed by atoms with Gasteiger partial charge < -0.3 is 5.32 Å². The van der Waals surface area contributed by atoms with Crippen LogP contribution in [0.3, 0.4) is 0 Å². The van der Waals surface area contributed by atoms with Crippen molar-refractivity contribution in [1.82, 2.24) is 10.2 Å². The van der Waals surface area contributed by atoms with Crippen molar-refractivity contribution in [3.63, 3.8) is 0 Å². The summed E-state index contributed by atoms with van der Waals surface area (Å²) in [4.78, 5) is 25.8. The molecule has 4 heteroatoms. The fraction of sp³-hybridized carbons (Fsp3) is 0.846. The molecule has 0 radical (unpaired) electrons. The van der Waals surface area contributed by atoms with E-state index < -0.39 is 0 Å². The van der Waals surface area contributed by atoms with Crippen molar-refractivity contribution in [3.05, 3.63) is 0 Å². The maximum atomic E-state index is 12.1. The highest BCUT2D eigenvalue weighted by Crippen LogP contribution is 2.63. The molecule has 2 amide bonds. The molecule has 3 aliphatic rings. The van der Waals surface area contributed by atoms with Gasteiger partial charge in [0.05, 0.1) is 11.8 Å². The van der Waals surface area contributed by atoms with E-state index in [-0.39, 0.29) is 29.1 Å². The van der Waals surface area contributed by atoms with Crippen LogP contribution in [0.25, 0.3) is 0 Å². The standard InChI is InChI=1S/C13H20N2O2/c1-13(2)9-10(13)12(17)15(11(9)16)6-8(14-3)7-4-5-7/h7-10,14H,4-6H2,1-3H3. The number of amides is 2. The summed E-state index contributed by atoms with van der Waals surface area (Å²) in [6.07, 6.45) is 2.44. The summed E-state index contributed by atoms with van der Waals surface area (Å²) in [6, 6.07) is 0.295. The molecule has 0 aromatic carbocycles. The number of carbonyl (C=O) groups excluding carboxylic acids is 2. The highest BCUT2D eigenvalue weighted by Gasteiger charge is 2.72. The Labute approximate surface area is 102 Å².